The van der Waals surface area contributed by atoms with Gasteiger partial charge >= 0.3 is 0 Å². The second-order valence-corrected chi connectivity index (χ2v) is 5.60. The predicted octanol–water partition coefficient (Wildman–Crippen LogP) is 1.56. The van der Waals surface area contributed by atoms with Crippen molar-refractivity contribution in [1.29, 1.82) is 0 Å². The molecule has 3 atom stereocenters. The number of hydrogen-bond acceptors (Lipinski definition) is 1. The van der Waals surface area contributed by atoms with Crippen LogP contribution in [-0.2, 0) is 4.79 Å². The van der Waals surface area contributed by atoms with Crippen molar-refractivity contribution in [2.24, 2.45) is 22.7 Å². The molecule has 0 aromatic heterocycles. The van der Waals surface area contributed by atoms with E-state index in [9.17, 15) is 4.79 Å². The summed E-state index contributed by atoms with van der Waals surface area (Å²) in [7, 11) is 0. The molecule has 1 aliphatic heterocycles. The van der Waals surface area contributed by atoms with Gasteiger partial charge in [-0.15, -0.1) is 0 Å². The van der Waals surface area contributed by atoms with Gasteiger partial charge in [0.15, 0.2) is 0 Å². The molecule has 2 heteroatoms. The molecule has 0 aromatic carbocycles. The van der Waals surface area contributed by atoms with Crippen LogP contribution in [0.2, 0.25) is 0 Å². The molecule has 3 aliphatic rings. The number of nitrogens with one attached hydrogen (secondary N) is 1. The lowest BCUT2D eigenvalue weighted by Gasteiger charge is -2.34. The van der Waals surface area contributed by atoms with Crippen LogP contribution in [0.1, 0.15) is 33.1 Å². The summed E-state index contributed by atoms with van der Waals surface area (Å²) in [5.74, 6) is 1.80. The lowest BCUT2D eigenvalue weighted by molar-refractivity contribution is -0.132. The molecule has 2 bridgehead atoms. The van der Waals surface area contributed by atoms with Gasteiger partial charge in [-0.1, -0.05) is 13.8 Å². The molecule has 72 valence electrons. The molecule has 1 heterocycles. The summed E-state index contributed by atoms with van der Waals surface area (Å²) in [5.41, 5.74) is 0.334. The first kappa shape index (κ1) is 7.84. The smallest absolute Gasteiger partial charge is 0.227 e. The molecule has 2 aliphatic carbocycles. The van der Waals surface area contributed by atoms with Gasteiger partial charge in [-0.3, -0.25) is 4.79 Å². The largest absolute Gasteiger partial charge is 0.355 e. The van der Waals surface area contributed by atoms with Crippen molar-refractivity contribution in [2.45, 2.75) is 33.1 Å². The fourth-order valence-electron chi connectivity index (χ4n) is 4.05. The highest BCUT2D eigenvalue weighted by atomic mass is 16.2. The monoisotopic (exact) mass is 179 g/mol. The van der Waals surface area contributed by atoms with E-state index >= 15 is 0 Å². The summed E-state index contributed by atoms with van der Waals surface area (Å²) < 4.78 is 0. The molecule has 1 N–H and O–H groups in total. The molecule has 1 spiro atoms. The van der Waals surface area contributed by atoms with Crippen LogP contribution in [0.15, 0.2) is 0 Å². The maximum Gasteiger partial charge on any atom is 0.227 e. The summed E-state index contributed by atoms with van der Waals surface area (Å²) in [6.07, 6.45) is 3.78. The third-order valence-corrected chi connectivity index (χ3v) is 4.96. The molecule has 1 amide bonds. The van der Waals surface area contributed by atoms with E-state index in [4.69, 9.17) is 0 Å². The van der Waals surface area contributed by atoms with Crippen LogP contribution in [0.3, 0.4) is 0 Å². The van der Waals surface area contributed by atoms with Gasteiger partial charge in [-0.2, -0.15) is 0 Å². The molecule has 1 saturated heterocycles. The summed E-state index contributed by atoms with van der Waals surface area (Å²) in [6, 6.07) is 0. The highest BCUT2D eigenvalue weighted by Gasteiger charge is 2.76. The van der Waals surface area contributed by atoms with Crippen molar-refractivity contribution in [2.75, 3.05) is 6.54 Å². The Morgan fingerprint density at radius 3 is 2.85 bits per heavy atom. The number of rotatable bonds is 0. The molecular formula is C11H17NO. The van der Waals surface area contributed by atoms with Crippen molar-refractivity contribution in [3.8, 4) is 0 Å². The number of carbonyl (C=O) groups excluding carboxylic acids is 1. The summed E-state index contributed by atoms with van der Waals surface area (Å²) in [4.78, 5) is 11.9. The quantitative estimate of drug-likeness (QED) is 0.600. The predicted molar refractivity (Wildman–Crippen MR) is 50.1 cm³/mol. The van der Waals surface area contributed by atoms with Crippen LogP contribution in [0.5, 0.6) is 0 Å². The molecule has 13 heavy (non-hydrogen) atoms. The molecular weight excluding hydrogens is 162 g/mol. The van der Waals surface area contributed by atoms with Crippen molar-refractivity contribution < 1.29 is 4.79 Å². The Kier molecular flexibility index (Phi) is 1.17. The Labute approximate surface area is 79.1 Å². The van der Waals surface area contributed by atoms with E-state index in [-0.39, 0.29) is 10.8 Å². The van der Waals surface area contributed by atoms with Gasteiger partial charge in [0.05, 0.1) is 5.41 Å². The van der Waals surface area contributed by atoms with Crippen molar-refractivity contribution >= 4 is 5.91 Å². The lowest BCUT2D eigenvalue weighted by Crippen LogP contribution is -2.46. The molecule has 2 nitrogen and oxygen atoms in total. The van der Waals surface area contributed by atoms with Gasteiger partial charge in [-0.05, 0) is 36.5 Å². The highest BCUT2D eigenvalue weighted by molar-refractivity contribution is 5.88. The number of amides is 1. The van der Waals surface area contributed by atoms with E-state index in [0.29, 0.717) is 11.8 Å². The second-order valence-electron chi connectivity index (χ2n) is 5.60. The van der Waals surface area contributed by atoms with E-state index in [1.807, 2.05) is 0 Å². The topological polar surface area (TPSA) is 29.1 Å². The molecule has 0 aromatic rings. The first-order valence-electron chi connectivity index (χ1n) is 5.37. The molecule has 2 saturated carbocycles. The van der Waals surface area contributed by atoms with Gasteiger partial charge in [-0.25, -0.2) is 0 Å². The summed E-state index contributed by atoms with van der Waals surface area (Å²) in [6.45, 7) is 5.47. The normalized spacial score (nSPS) is 50.8. The first-order valence-corrected chi connectivity index (χ1v) is 5.37. The van der Waals surface area contributed by atoms with Gasteiger partial charge in [0.2, 0.25) is 5.91 Å². The van der Waals surface area contributed by atoms with Gasteiger partial charge in [0, 0.05) is 6.54 Å². The van der Waals surface area contributed by atoms with E-state index in [1.165, 1.54) is 12.8 Å². The van der Waals surface area contributed by atoms with Crippen LogP contribution in [0.4, 0.5) is 0 Å². The zero-order chi connectivity index (χ0) is 9.27. The SMILES string of the molecule is CC1(C)C2CCC3CNC(=O)C21C3. The Morgan fingerprint density at radius 2 is 2.15 bits per heavy atom. The fraction of sp³-hybridized carbons (Fsp3) is 0.909. The van der Waals surface area contributed by atoms with Crippen LogP contribution in [-0.4, -0.2) is 12.5 Å². The second kappa shape index (κ2) is 1.94. The zero-order valence-corrected chi connectivity index (χ0v) is 8.39. The van der Waals surface area contributed by atoms with Crippen molar-refractivity contribution in [1.82, 2.24) is 5.32 Å². The standard InChI is InChI=1S/C11H17NO/c1-10(2)8-4-3-7-5-11(8,10)9(13)12-6-7/h7-8H,3-6H2,1-2H3,(H,12,13). The molecule has 3 fully saturated rings. The van der Waals surface area contributed by atoms with Crippen molar-refractivity contribution in [3.63, 3.8) is 0 Å². The van der Waals surface area contributed by atoms with Crippen LogP contribution in [0, 0.1) is 22.7 Å². The lowest BCUT2D eigenvalue weighted by atomic mass is 9.76. The third kappa shape index (κ3) is 0.660. The highest BCUT2D eigenvalue weighted by Crippen LogP contribution is 2.76. The maximum absolute atomic E-state index is 11.9. The number of piperidine rings is 1. The van der Waals surface area contributed by atoms with E-state index in [2.05, 4.69) is 19.2 Å². The minimum Gasteiger partial charge on any atom is -0.355 e. The molecule has 0 radical (unpaired) electrons. The summed E-state index contributed by atoms with van der Waals surface area (Å²) in [5, 5.41) is 3.08. The number of hydrogen-bond donors (Lipinski definition) is 1. The average Bonchev–Trinajstić information content (AvgIpc) is 2.58. The zero-order valence-electron chi connectivity index (χ0n) is 8.39. The number of fused-ring (bicyclic) bond motifs is 1. The first-order chi connectivity index (χ1) is 6.09. The van der Waals surface area contributed by atoms with Crippen LogP contribution >= 0.6 is 0 Å². The minimum absolute atomic E-state index is 0.0498. The maximum atomic E-state index is 11.9. The number of carbonyl (C=O) groups is 1. The van der Waals surface area contributed by atoms with E-state index < -0.39 is 0 Å². The van der Waals surface area contributed by atoms with Gasteiger partial charge in [0.1, 0.15) is 0 Å². The Bertz CT molecular complexity index is 284. The minimum atomic E-state index is 0.0498. The Balaban J connectivity index is 2.02. The summed E-state index contributed by atoms with van der Waals surface area (Å²) >= 11 is 0. The van der Waals surface area contributed by atoms with Gasteiger partial charge in [0.25, 0.3) is 0 Å². The molecule has 3 unspecified atom stereocenters. The van der Waals surface area contributed by atoms with Crippen LogP contribution in [0.25, 0.3) is 0 Å². The third-order valence-electron chi connectivity index (χ3n) is 4.96. The van der Waals surface area contributed by atoms with Crippen molar-refractivity contribution in [3.05, 3.63) is 0 Å². The Morgan fingerprint density at radius 1 is 1.38 bits per heavy atom. The van der Waals surface area contributed by atoms with E-state index in [0.717, 1.165) is 18.9 Å². The average molecular weight is 179 g/mol. The molecule has 3 rings (SSSR count). The van der Waals surface area contributed by atoms with Gasteiger partial charge < -0.3 is 5.32 Å². The van der Waals surface area contributed by atoms with E-state index in [1.54, 1.807) is 0 Å². The van der Waals surface area contributed by atoms with Crippen LogP contribution < -0.4 is 5.32 Å². The Hall–Kier alpha value is -0.530. The fourth-order valence-corrected chi connectivity index (χ4v) is 4.05.